The number of carboxylic acids is 1. The Morgan fingerprint density at radius 2 is 1.79 bits per heavy atom. The number of rotatable bonds is 4. The molecule has 11 heteroatoms. The number of hydrogen-bond donors (Lipinski definition) is 2. The molecule has 0 saturated heterocycles. The van der Waals surface area contributed by atoms with Gasteiger partial charge in [0.15, 0.2) is 0 Å². The Bertz CT molecular complexity index is 1140. The lowest BCUT2D eigenvalue weighted by molar-refractivity contribution is -0.192. The molecule has 2 N–H and O–H groups in total. The highest BCUT2D eigenvalue weighted by Crippen LogP contribution is 2.25. The van der Waals surface area contributed by atoms with Gasteiger partial charge in [-0.1, -0.05) is 24.3 Å². The third kappa shape index (κ3) is 6.16. The number of pyridine rings is 1. The monoisotopic (exact) mass is 461 g/mol. The first-order valence-corrected chi connectivity index (χ1v) is 9.91. The van der Waals surface area contributed by atoms with Gasteiger partial charge in [-0.2, -0.15) is 18.3 Å². The molecule has 0 unspecified atom stereocenters. The summed E-state index contributed by atoms with van der Waals surface area (Å²) in [6, 6.07) is 14.2. The van der Waals surface area contributed by atoms with Crippen LogP contribution >= 0.6 is 0 Å². The number of aromatic nitrogens is 3. The normalized spacial score (nSPS) is 13.1. The van der Waals surface area contributed by atoms with Gasteiger partial charge in [0.05, 0.1) is 17.9 Å². The third-order valence-electron chi connectivity index (χ3n) is 4.67. The van der Waals surface area contributed by atoms with Crippen LogP contribution in [0.25, 0.3) is 22.5 Å². The van der Waals surface area contributed by atoms with Crippen LogP contribution in [0.2, 0.25) is 0 Å². The van der Waals surface area contributed by atoms with Crippen LogP contribution < -0.4 is 5.32 Å². The summed E-state index contributed by atoms with van der Waals surface area (Å²) in [6.45, 7) is 2.23. The van der Waals surface area contributed by atoms with Gasteiger partial charge in [-0.05, 0) is 37.9 Å². The molecular formula is C22H22F3N5O3. The summed E-state index contributed by atoms with van der Waals surface area (Å²) in [5.74, 6) is -2.83. The molecule has 33 heavy (non-hydrogen) atoms. The summed E-state index contributed by atoms with van der Waals surface area (Å²) in [7, 11) is 4.12. The zero-order valence-corrected chi connectivity index (χ0v) is 17.9. The zero-order valence-electron chi connectivity index (χ0n) is 17.9. The van der Waals surface area contributed by atoms with E-state index in [2.05, 4.69) is 58.7 Å². The first kappa shape index (κ1) is 23.9. The van der Waals surface area contributed by atoms with Gasteiger partial charge in [-0.15, -0.1) is 0 Å². The van der Waals surface area contributed by atoms with E-state index in [1.165, 1.54) is 5.56 Å². The van der Waals surface area contributed by atoms with E-state index in [4.69, 9.17) is 9.90 Å². The molecule has 1 aliphatic rings. The molecule has 1 aromatic carbocycles. The molecule has 8 nitrogen and oxygen atoms in total. The van der Waals surface area contributed by atoms with E-state index < -0.39 is 12.1 Å². The van der Waals surface area contributed by atoms with E-state index in [9.17, 15) is 18.0 Å². The molecule has 174 valence electrons. The number of benzene rings is 1. The van der Waals surface area contributed by atoms with E-state index >= 15 is 0 Å². The summed E-state index contributed by atoms with van der Waals surface area (Å²) in [6.07, 6.45) is -3.29. The lowest BCUT2D eigenvalue weighted by atomic mass is 10.1. The highest BCUT2D eigenvalue weighted by molar-refractivity contribution is 5.94. The van der Waals surface area contributed by atoms with Gasteiger partial charge in [0, 0.05) is 30.4 Å². The highest BCUT2D eigenvalue weighted by atomic mass is 19.4. The van der Waals surface area contributed by atoms with E-state index in [0.29, 0.717) is 18.8 Å². The molecule has 0 bridgehead atoms. The van der Waals surface area contributed by atoms with E-state index in [1.54, 1.807) is 10.9 Å². The molecule has 0 saturated carbocycles. The van der Waals surface area contributed by atoms with Crippen molar-refractivity contribution in [3.05, 3.63) is 59.9 Å². The second-order valence-electron chi connectivity index (χ2n) is 7.56. The van der Waals surface area contributed by atoms with Gasteiger partial charge in [0.2, 0.25) is 0 Å². The Morgan fingerprint density at radius 1 is 1.12 bits per heavy atom. The molecule has 1 aliphatic heterocycles. The summed E-state index contributed by atoms with van der Waals surface area (Å²) in [4.78, 5) is 27.5. The molecule has 2 aromatic heterocycles. The molecule has 1 amide bonds. The van der Waals surface area contributed by atoms with Crippen molar-refractivity contribution < 1.29 is 27.9 Å². The minimum atomic E-state index is -5.08. The van der Waals surface area contributed by atoms with Crippen LogP contribution in [0.5, 0.6) is 0 Å². The van der Waals surface area contributed by atoms with Crippen LogP contribution in [-0.2, 0) is 17.9 Å². The van der Waals surface area contributed by atoms with Gasteiger partial charge in [0.1, 0.15) is 5.69 Å². The van der Waals surface area contributed by atoms with E-state index in [0.717, 1.165) is 29.1 Å². The van der Waals surface area contributed by atoms with Crippen molar-refractivity contribution in [2.24, 2.45) is 0 Å². The molecular weight excluding hydrogens is 439 g/mol. The van der Waals surface area contributed by atoms with Crippen LogP contribution in [-0.4, -0.2) is 63.5 Å². The summed E-state index contributed by atoms with van der Waals surface area (Å²) < 4.78 is 33.5. The SMILES string of the molecule is CN(C)Cc1ccc(-c2cc(-c3cc4n(n3)CCNC4=O)ccn2)cc1.O=C(O)C(F)(F)F. The average Bonchev–Trinajstić information content (AvgIpc) is 3.20. The number of carbonyl (C=O) groups is 2. The number of amides is 1. The van der Waals surface area contributed by atoms with E-state index in [1.807, 2.05) is 18.2 Å². The number of halogens is 3. The molecule has 0 aliphatic carbocycles. The molecule has 3 heterocycles. The lowest BCUT2D eigenvalue weighted by Crippen LogP contribution is -2.35. The average molecular weight is 461 g/mol. The minimum Gasteiger partial charge on any atom is -0.475 e. The first-order valence-electron chi connectivity index (χ1n) is 9.91. The third-order valence-corrected chi connectivity index (χ3v) is 4.67. The van der Waals surface area contributed by atoms with Crippen LogP contribution in [0.1, 0.15) is 16.1 Å². The minimum absolute atomic E-state index is 0.0687. The van der Waals surface area contributed by atoms with Crippen LogP contribution in [0.3, 0.4) is 0 Å². The number of hydrogen-bond acceptors (Lipinski definition) is 5. The summed E-state index contributed by atoms with van der Waals surface area (Å²) in [5, 5.41) is 14.5. The fourth-order valence-corrected chi connectivity index (χ4v) is 3.17. The topological polar surface area (TPSA) is 100 Å². The fourth-order valence-electron chi connectivity index (χ4n) is 3.17. The van der Waals surface area contributed by atoms with Gasteiger partial charge >= 0.3 is 12.1 Å². The Kier molecular flexibility index (Phi) is 7.12. The largest absolute Gasteiger partial charge is 0.490 e. The van der Waals surface area contributed by atoms with Gasteiger partial charge in [0.25, 0.3) is 5.91 Å². The smallest absolute Gasteiger partial charge is 0.475 e. The maximum Gasteiger partial charge on any atom is 0.490 e. The number of fused-ring (bicyclic) bond motifs is 1. The molecule has 4 rings (SSSR count). The van der Waals surface area contributed by atoms with E-state index in [-0.39, 0.29) is 5.91 Å². The molecule has 0 atom stereocenters. The molecule has 0 radical (unpaired) electrons. The van der Waals surface area contributed by atoms with Gasteiger partial charge < -0.3 is 15.3 Å². The predicted molar refractivity (Wildman–Crippen MR) is 114 cm³/mol. The summed E-state index contributed by atoms with van der Waals surface area (Å²) in [5.41, 5.74) is 5.60. The van der Waals surface area contributed by atoms with Gasteiger partial charge in [-0.25, -0.2) is 4.79 Å². The van der Waals surface area contributed by atoms with Crippen molar-refractivity contribution in [3.63, 3.8) is 0 Å². The van der Waals surface area contributed by atoms with Crippen molar-refractivity contribution in [1.82, 2.24) is 25.0 Å². The maximum absolute atomic E-state index is 11.9. The predicted octanol–water partition coefficient (Wildman–Crippen LogP) is 3.05. The number of carbonyl (C=O) groups excluding carboxylic acids is 1. The number of alkyl halides is 3. The van der Waals surface area contributed by atoms with Crippen LogP contribution in [0.4, 0.5) is 13.2 Å². The Balaban J connectivity index is 0.000000383. The van der Waals surface area contributed by atoms with Crippen molar-refractivity contribution in [2.45, 2.75) is 19.3 Å². The Hall–Kier alpha value is -3.73. The number of nitrogens with zero attached hydrogens (tertiary/aromatic N) is 4. The van der Waals surface area contributed by atoms with Crippen LogP contribution in [0, 0.1) is 0 Å². The number of aliphatic carboxylic acids is 1. The standard InChI is InChI=1S/C20H21N5O.C2HF3O2/c1-24(2)13-14-3-5-15(6-4-14)17-11-16(7-8-21-17)18-12-19-20(26)22-9-10-25(19)23-18;3-2(4,5)1(6)7/h3-8,11-12H,9-10,13H2,1-2H3,(H,22,26);(H,6,7). The molecule has 0 fully saturated rings. The zero-order chi connectivity index (χ0) is 24.2. The highest BCUT2D eigenvalue weighted by Gasteiger charge is 2.38. The van der Waals surface area contributed by atoms with Crippen molar-refractivity contribution >= 4 is 11.9 Å². The number of carboxylic acid groups (broad SMARTS) is 1. The second-order valence-corrected chi connectivity index (χ2v) is 7.56. The van der Waals surface area contributed by atoms with Gasteiger partial charge in [-0.3, -0.25) is 14.5 Å². The first-order chi connectivity index (χ1) is 15.5. The van der Waals surface area contributed by atoms with Crippen molar-refractivity contribution in [3.8, 4) is 22.5 Å². The second kappa shape index (κ2) is 9.82. The fraction of sp³-hybridized carbons (Fsp3) is 0.273. The number of nitrogens with one attached hydrogen (secondary N) is 1. The Morgan fingerprint density at radius 3 is 2.36 bits per heavy atom. The lowest BCUT2D eigenvalue weighted by Gasteiger charge is -2.13. The Labute approximate surface area is 187 Å². The summed E-state index contributed by atoms with van der Waals surface area (Å²) >= 11 is 0. The molecule has 0 spiro atoms. The molecule has 3 aromatic rings. The maximum atomic E-state index is 11.9. The van der Waals surface area contributed by atoms with Crippen molar-refractivity contribution in [2.75, 3.05) is 20.6 Å². The quantitative estimate of drug-likeness (QED) is 0.620. The van der Waals surface area contributed by atoms with Crippen LogP contribution in [0.15, 0.2) is 48.7 Å². The van der Waals surface area contributed by atoms with Crippen molar-refractivity contribution in [1.29, 1.82) is 0 Å².